The Kier molecular flexibility index (Phi) is 16.7. The van der Waals surface area contributed by atoms with Crippen LogP contribution >= 0.6 is 0 Å². The molecule has 0 saturated heterocycles. The van der Waals surface area contributed by atoms with Crippen LogP contribution in [0.25, 0.3) is 0 Å². The number of carbonyl (C=O) groups excluding carboxylic acids is 4. The molecule has 1 fully saturated rings. The molecular formula is C42H55F6N3O9. The number of halogens is 6. The molecule has 3 amide bonds. The van der Waals surface area contributed by atoms with Gasteiger partial charge in [0, 0.05) is 52.6 Å². The van der Waals surface area contributed by atoms with Gasteiger partial charge < -0.3 is 38.4 Å². The van der Waals surface area contributed by atoms with E-state index in [1.54, 1.807) is 19.1 Å². The van der Waals surface area contributed by atoms with E-state index in [2.05, 4.69) is 4.74 Å². The molecule has 2 atom stereocenters. The third-order valence-corrected chi connectivity index (χ3v) is 10.6. The SMILES string of the molecule is COCCCCN1C(=O)[C@@H](C)Oc2cc(C(F)(F)F)c(C(=O)N(C(C)C)C3CCCCC3)cc21.COCCCCN1C(=O)[C@@H](C)Oc2cc(C(F)(F)F)c(C(=O)OC)cc21. The van der Waals surface area contributed by atoms with E-state index in [-0.39, 0.29) is 53.3 Å². The summed E-state index contributed by atoms with van der Waals surface area (Å²) < 4.78 is 108. The quantitative estimate of drug-likeness (QED) is 0.105. The molecule has 2 heterocycles. The van der Waals surface area contributed by atoms with E-state index in [0.717, 1.165) is 57.4 Å². The molecule has 0 spiro atoms. The second-order valence-corrected chi connectivity index (χ2v) is 15.2. The average Bonchev–Trinajstić information content (AvgIpc) is 3.19. The van der Waals surface area contributed by atoms with Crippen molar-refractivity contribution in [1.82, 2.24) is 4.90 Å². The van der Waals surface area contributed by atoms with Gasteiger partial charge in [-0.05, 0) is 90.5 Å². The zero-order valence-electron chi connectivity index (χ0n) is 35.1. The highest BCUT2D eigenvalue weighted by atomic mass is 19.4. The van der Waals surface area contributed by atoms with Crippen LogP contribution in [0.3, 0.4) is 0 Å². The molecule has 2 aromatic rings. The first-order chi connectivity index (χ1) is 28.3. The Labute approximate surface area is 346 Å². The number of anilines is 2. The van der Waals surface area contributed by atoms with Crippen LogP contribution < -0.4 is 19.3 Å². The topological polar surface area (TPSA) is 124 Å². The van der Waals surface area contributed by atoms with Crippen molar-refractivity contribution >= 4 is 35.1 Å². The molecular weight excluding hydrogens is 804 g/mol. The Hall–Kier alpha value is -4.58. The summed E-state index contributed by atoms with van der Waals surface area (Å²) in [5, 5.41) is 0. The predicted molar refractivity (Wildman–Crippen MR) is 210 cm³/mol. The lowest BCUT2D eigenvalue weighted by Crippen LogP contribution is -2.47. The van der Waals surface area contributed by atoms with Crippen molar-refractivity contribution in [1.29, 1.82) is 0 Å². The van der Waals surface area contributed by atoms with Crippen LogP contribution in [0.2, 0.25) is 0 Å². The molecule has 3 aliphatic rings. The highest BCUT2D eigenvalue weighted by Crippen LogP contribution is 2.44. The zero-order valence-corrected chi connectivity index (χ0v) is 35.1. The van der Waals surface area contributed by atoms with E-state index >= 15 is 0 Å². The first-order valence-corrected chi connectivity index (χ1v) is 20.1. The standard InChI is InChI=1S/C25H35F3N2O4.C17H20F3NO5/c1-16(2)30(18-10-6-5-7-11-18)24(32)19-14-21-22(15-20(19)25(26,27)28)34-17(3)23(31)29(21)12-8-9-13-33-4;1-10-15(22)21(6-4-5-7-24-2)13-8-11(16(23)25-3)12(17(18,19)20)9-14(13)26-10/h14-18H,5-13H2,1-4H3;8-10H,4-7H2,1-3H3/t17-;10-/m11/s1. The maximum atomic E-state index is 14.1. The van der Waals surface area contributed by atoms with Crippen molar-refractivity contribution in [3.8, 4) is 11.5 Å². The van der Waals surface area contributed by atoms with Gasteiger partial charge in [-0.2, -0.15) is 26.3 Å². The molecule has 0 N–H and O–H groups in total. The van der Waals surface area contributed by atoms with Gasteiger partial charge in [-0.15, -0.1) is 0 Å². The van der Waals surface area contributed by atoms with Gasteiger partial charge in [-0.3, -0.25) is 14.4 Å². The molecule has 1 saturated carbocycles. The van der Waals surface area contributed by atoms with Gasteiger partial charge in [0.25, 0.3) is 17.7 Å². The Balaban J connectivity index is 0.000000275. The lowest BCUT2D eigenvalue weighted by Gasteiger charge is -2.39. The van der Waals surface area contributed by atoms with Gasteiger partial charge in [0.15, 0.2) is 12.2 Å². The number of methoxy groups -OCH3 is 3. The fourth-order valence-corrected chi connectivity index (χ4v) is 7.64. The van der Waals surface area contributed by atoms with Gasteiger partial charge in [0.05, 0.1) is 40.7 Å². The minimum atomic E-state index is -4.77. The van der Waals surface area contributed by atoms with Crippen LogP contribution in [-0.2, 0) is 36.2 Å². The molecule has 2 aliphatic heterocycles. The molecule has 0 unspecified atom stereocenters. The number of hydrogen-bond donors (Lipinski definition) is 0. The number of benzene rings is 2. The lowest BCUT2D eigenvalue weighted by atomic mass is 9.92. The highest BCUT2D eigenvalue weighted by molar-refractivity contribution is 6.04. The largest absolute Gasteiger partial charge is 0.479 e. The first kappa shape index (κ1) is 48.1. The van der Waals surface area contributed by atoms with E-state index < -0.39 is 58.7 Å². The summed E-state index contributed by atoms with van der Waals surface area (Å²) in [4.78, 5) is 55.1. The van der Waals surface area contributed by atoms with E-state index in [4.69, 9.17) is 18.9 Å². The summed E-state index contributed by atoms with van der Waals surface area (Å²) in [6.07, 6.45) is -4.25. The van der Waals surface area contributed by atoms with Gasteiger partial charge in [-0.25, -0.2) is 4.79 Å². The van der Waals surface area contributed by atoms with Crippen molar-refractivity contribution in [3.05, 3.63) is 46.5 Å². The summed E-state index contributed by atoms with van der Waals surface area (Å²) in [6, 6.07) is 3.49. The molecule has 5 rings (SSSR count). The van der Waals surface area contributed by atoms with Crippen molar-refractivity contribution in [2.24, 2.45) is 0 Å². The number of fused-ring (bicyclic) bond motifs is 2. The smallest absolute Gasteiger partial charge is 0.417 e. The fraction of sp³-hybridized carbons (Fsp3) is 0.619. The molecule has 1 aliphatic carbocycles. The highest BCUT2D eigenvalue weighted by Gasteiger charge is 2.43. The molecule has 0 bridgehead atoms. The summed E-state index contributed by atoms with van der Waals surface area (Å²) in [5.41, 5.74) is -2.95. The molecule has 0 radical (unpaired) electrons. The molecule has 18 heteroatoms. The number of nitrogens with zero attached hydrogens (tertiary/aromatic N) is 3. The van der Waals surface area contributed by atoms with Crippen molar-refractivity contribution in [2.75, 3.05) is 57.4 Å². The van der Waals surface area contributed by atoms with Gasteiger partial charge in [-0.1, -0.05) is 19.3 Å². The fourth-order valence-electron chi connectivity index (χ4n) is 7.64. The van der Waals surface area contributed by atoms with Crippen molar-refractivity contribution in [3.63, 3.8) is 0 Å². The molecule has 60 heavy (non-hydrogen) atoms. The minimum Gasteiger partial charge on any atom is -0.479 e. The van der Waals surface area contributed by atoms with Gasteiger partial charge >= 0.3 is 18.3 Å². The van der Waals surface area contributed by atoms with Crippen LogP contribution in [0.15, 0.2) is 24.3 Å². The number of hydrogen-bond acceptors (Lipinski definition) is 9. The number of carbonyl (C=O) groups is 4. The number of alkyl halides is 6. The summed E-state index contributed by atoms with van der Waals surface area (Å²) in [6.45, 7) is 8.23. The van der Waals surface area contributed by atoms with Gasteiger partial charge in [0.1, 0.15) is 11.5 Å². The number of esters is 1. The first-order valence-electron chi connectivity index (χ1n) is 20.1. The minimum absolute atomic E-state index is 0.0310. The Morgan fingerprint density at radius 1 is 0.717 bits per heavy atom. The Bertz CT molecular complexity index is 1830. The van der Waals surface area contributed by atoms with Crippen molar-refractivity contribution < 1.29 is 69.2 Å². The third kappa shape index (κ3) is 11.4. The average molecular weight is 860 g/mol. The molecule has 12 nitrogen and oxygen atoms in total. The number of amides is 3. The van der Waals surface area contributed by atoms with Crippen LogP contribution in [0.1, 0.15) is 117 Å². The predicted octanol–water partition coefficient (Wildman–Crippen LogP) is 8.46. The molecule has 334 valence electrons. The molecule has 0 aromatic heterocycles. The van der Waals surface area contributed by atoms with Crippen LogP contribution in [0.4, 0.5) is 37.7 Å². The zero-order chi connectivity index (χ0) is 44.5. The van der Waals surface area contributed by atoms with Crippen LogP contribution in [-0.4, -0.2) is 101 Å². The Morgan fingerprint density at radius 2 is 1.15 bits per heavy atom. The summed E-state index contributed by atoms with van der Waals surface area (Å²) >= 11 is 0. The van der Waals surface area contributed by atoms with Crippen LogP contribution in [0.5, 0.6) is 11.5 Å². The Morgan fingerprint density at radius 3 is 1.55 bits per heavy atom. The maximum Gasteiger partial charge on any atom is 0.417 e. The summed E-state index contributed by atoms with van der Waals surface area (Å²) in [5.74, 6) is -2.63. The van der Waals surface area contributed by atoms with Gasteiger partial charge in [0.2, 0.25) is 0 Å². The second kappa shape index (κ2) is 20.8. The lowest BCUT2D eigenvalue weighted by molar-refractivity contribution is -0.139. The number of ether oxygens (including phenoxy) is 5. The normalized spacial score (nSPS) is 18.2. The maximum absolute atomic E-state index is 14.1. The number of rotatable bonds is 14. The monoisotopic (exact) mass is 859 g/mol. The molecule has 2 aromatic carbocycles. The van der Waals surface area contributed by atoms with E-state index in [0.29, 0.717) is 45.4 Å². The van der Waals surface area contributed by atoms with E-state index in [9.17, 15) is 45.5 Å². The third-order valence-electron chi connectivity index (χ3n) is 10.6. The van der Waals surface area contributed by atoms with E-state index in [1.165, 1.54) is 29.7 Å². The van der Waals surface area contributed by atoms with Crippen LogP contribution in [0, 0.1) is 0 Å². The second-order valence-electron chi connectivity index (χ2n) is 15.2. The van der Waals surface area contributed by atoms with E-state index in [1.807, 2.05) is 13.8 Å². The number of unbranched alkanes of at least 4 members (excludes halogenated alkanes) is 2. The van der Waals surface area contributed by atoms with Crippen molar-refractivity contribution in [2.45, 2.75) is 122 Å². The summed E-state index contributed by atoms with van der Waals surface area (Å²) in [7, 11) is 4.13.